The van der Waals surface area contributed by atoms with Crippen LogP contribution in [-0.2, 0) is 4.74 Å². The zero-order valence-corrected chi connectivity index (χ0v) is 13.9. The zero-order chi connectivity index (χ0) is 18.8. The molecule has 5 N–H and O–H groups in total. The van der Waals surface area contributed by atoms with Crippen molar-refractivity contribution in [1.29, 1.82) is 10.7 Å². The number of carbonyl (C=O) groups is 1. The molecule has 0 saturated heterocycles. The Morgan fingerprint density at radius 1 is 1.35 bits per heavy atom. The predicted molar refractivity (Wildman–Crippen MR) is 94.2 cm³/mol. The van der Waals surface area contributed by atoms with E-state index < -0.39 is 5.97 Å². The number of aromatic nitrogens is 3. The molecule has 9 nitrogen and oxygen atoms in total. The number of carbonyl (C=O) groups excluding carboxylic acids is 1. The second-order valence-corrected chi connectivity index (χ2v) is 5.29. The maximum absolute atomic E-state index is 12.4. The summed E-state index contributed by atoms with van der Waals surface area (Å²) in [5.41, 5.74) is 12.1. The number of fused-ring (bicyclic) bond motifs is 1. The van der Waals surface area contributed by atoms with Crippen LogP contribution in [0.25, 0.3) is 16.6 Å². The maximum atomic E-state index is 12.4. The second-order valence-electron chi connectivity index (χ2n) is 5.29. The summed E-state index contributed by atoms with van der Waals surface area (Å²) in [6.45, 7) is 1.80. The number of nitrogens with two attached hydrogens (primary N) is 2. The Labute approximate surface area is 148 Å². The van der Waals surface area contributed by atoms with E-state index in [-0.39, 0.29) is 45.8 Å². The number of anilines is 2. The summed E-state index contributed by atoms with van der Waals surface area (Å²) >= 11 is 0. The van der Waals surface area contributed by atoms with Gasteiger partial charge in [-0.1, -0.05) is 18.2 Å². The highest BCUT2D eigenvalue weighted by Gasteiger charge is 2.23. The van der Waals surface area contributed by atoms with E-state index in [9.17, 15) is 10.1 Å². The minimum atomic E-state index is -0.724. The lowest BCUT2D eigenvalue weighted by Gasteiger charge is -2.14. The standard InChI is InChI=1S/C17H15N7O2/c1-2-26-17(25)14-13-11(12(19)10(8-18)15(20)22-13)16(21)24(23-14)9-6-4-3-5-7-9/h3-7,21H,2H2,1H3,(H4,19,20,22). The first-order valence-corrected chi connectivity index (χ1v) is 7.68. The fraction of sp³-hybridized carbons (Fsp3) is 0.118. The molecule has 26 heavy (non-hydrogen) atoms. The highest BCUT2D eigenvalue weighted by Crippen LogP contribution is 2.26. The van der Waals surface area contributed by atoms with Gasteiger partial charge >= 0.3 is 5.97 Å². The molecular weight excluding hydrogens is 334 g/mol. The summed E-state index contributed by atoms with van der Waals surface area (Å²) in [4.78, 5) is 16.5. The van der Waals surface area contributed by atoms with E-state index in [1.54, 1.807) is 31.2 Å². The number of nitrogen functional groups attached to an aromatic ring is 2. The molecule has 0 saturated carbocycles. The fourth-order valence-corrected chi connectivity index (χ4v) is 2.55. The van der Waals surface area contributed by atoms with Crippen molar-refractivity contribution in [3.8, 4) is 11.8 Å². The summed E-state index contributed by atoms with van der Waals surface area (Å²) < 4.78 is 6.28. The first-order chi connectivity index (χ1) is 12.5. The third-order valence-corrected chi connectivity index (χ3v) is 3.72. The number of esters is 1. The van der Waals surface area contributed by atoms with Crippen LogP contribution in [0.4, 0.5) is 11.5 Å². The molecule has 0 amide bonds. The summed E-state index contributed by atoms with van der Waals surface area (Å²) in [7, 11) is 0. The van der Waals surface area contributed by atoms with Crippen LogP contribution in [0.2, 0.25) is 0 Å². The summed E-state index contributed by atoms with van der Waals surface area (Å²) in [5.74, 6) is -0.861. The molecule has 3 rings (SSSR count). The molecule has 2 heterocycles. The van der Waals surface area contributed by atoms with E-state index in [0.29, 0.717) is 5.69 Å². The Bertz CT molecular complexity index is 1110. The van der Waals surface area contributed by atoms with Crippen molar-refractivity contribution in [2.45, 2.75) is 6.92 Å². The van der Waals surface area contributed by atoms with Crippen LogP contribution in [0, 0.1) is 16.7 Å². The molecule has 2 aromatic heterocycles. The molecular formula is C17H15N7O2. The van der Waals surface area contributed by atoms with Crippen molar-refractivity contribution in [2.75, 3.05) is 18.1 Å². The minimum Gasteiger partial charge on any atom is -0.461 e. The van der Waals surface area contributed by atoms with Crippen LogP contribution >= 0.6 is 0 Å². The van der Waals surface area contributed by atoms with Crippen LogP contribution in [0.5, 0.6) is 0 Å². The number of hydrogen-bond acceptors (Lipinski definition) is 8. The van der Waals surface area contributed by atoms with Crippen molar-refractivity contribution in [2.24, 2.45) is 0 Å². The van der Waals surface area contributed by atoms with Crippen LogP contribution in [0.3, 0.4) is 0 Å². The topological polar surface area (TPSA) is 157 Å². The van der Waals surface area contributed by atoms with Gasteiger partial charge in [0.15, 0.2) is 11.2 Å². The van der Waals surface area contributed by atoms with E-state index in [0.717, 1.165) is 0 Å². The number of rotatable bonds is 3. The largest absolute Gasteiger partial charge is 0.461 e. The Kier molecular flexibility index (Phi) is 4.24. The zero-order valence-electron chi connectivity index (χ0n) is 13.9. The number of pyridine rings is 1. The van der Waals surface area contributed by atoms with Crippen LogP contribution < -0.4 is 17.0 Å². The smallest absolute Gasteiger partial charge is 0.361 e. The van der Waals surface area contributed by atoms with Gasteiger partial charge < -0.3 is 16.2 Å². The van der Waals surface area contributed by atoms with E-state index in [2.05, 4.69) is 10.1 Å². The van der Waals surface area contributed by atoms with Gasteiger partial charge in [-0.15, -0.1) is 0 Å². The molecule has 3 aromatic rings. The Balaban J connectivity index is 2.49. The van der Waals surface area contributed by atoms with Crippen molar-refractivity contribution in [3.63, 3.8) is 0 Å². The molecule has 0 aliphatic rings. The first-order valence-electron chi connectivity index (χ1n) is 7.68. The number of hydrogen-bond donors (Lipinski definition) is 3. The summed E-state index contributed by atoms with van der Waals surface area (Å²) in [6, 6.07) is 10.7. The molecule has 0 radical (unpaired) electrons. The summed E-state index contributed by atoms with van der Waals surface area (Å²) in [5, 5.41) is 22.1. The van der Waals surface area contributed by atoms with Crippen LogP contribution in [0.1, 0.15) is 23.0 Å². The van der Waals surface area contributed by atoms with Gasteiger partial charge in [-0.2, -0.15) is 10.4 Å². The third-order valence-electron chi connectivity index (χ3n) is 3.72. The van der Waals surface area contributed by atoms with Gasteiger partial charge in [-0.05, 0) is 19.1 Å². The number of ether oxygens (including phenoxy) is 1. The molecule has 0 bridgehead atoms. The molecule has 0 unspecified atom stereocenters. The Morgan fingerprint density at radius 2 is 2.04 bits per heavy atom. The molecule has 0 aliphatic heterocycles. The number of para-hydroxylation sites is 1. The van der Waals surface area contributed by atoms with Crippen molar-refractivity contribution in [1.82, 2.24) is 14.8 Å². The normalized spacial score (nSPS) is 10.5. The molecule has 0 aliphatic carbocycles. The van der Waals surface area contributed by atoms with E-state index >= 15 is 0 Å². The second kappa shape index (κ2) is 6.52. The van der Waals surface area contributed by atoms with Gasteiger partial charge in [-0.25, -0.2) is 14.5 Å². The molecule has 0 spiro atoms. The number of nitrogens with zero attached hydrogens (tertiary/aromatic N) is 4. The minimum absolute atomic E-state index is 0.0228. The SMILES string of the molecule is CCOC(=O)c1nn(-c2ccccc2)c(=N)c2c(N)c(C#N)c(N)nc12. The lowest BCUT2D eigenvalue weighted by atomic mass is 10.1. The monoisotopic (exact) mass is 349 g/mol. The average Bonchev–Trinajstić information content (AvgIpc) is 2.63. The summed E-state index contributed by atoms with van der Waals surface area (Å²) in [6.07, 6.45) is 0. The van der Waals surface area contributed by atoms with Gasteiger partial charge in [0.05, 0.1) is 23.4 Å². The lowest BCUT2D eigenvalue weighted by Crippen LogP contribution is -2.27. The van der Waals surface area contributed by atoms with Gasteiger partial charge in [0.1, 0.15) is 23.0 Å². The van der Waals surface area contributed by atoms with Crippen molar-refractivity contribution in [3.05, 3.63) is 47.1 Å². The highest BCUT2D eigenvalue weighted by atomic mass is 16.5. The van der Waals surface area contributed by atoms with Crippen molar-refractivity contribution < 1.29 is 9.53 Å². The molecule has 9 heteroatoms. The van der Waals surface area contributed by atoms with E-state index in [1.165, 1.54) is 4.68 Å². The van der Waals surface area contributed by atoms with Gasteiger partial charge in [-0.3, -0.25) is 5.41 Å². The molecule has 0 atom stereocenters. The van der Waals surface area contributed by atoms with Gasteiger partial charge in [0.25, 0.3) is 0 Å². The average molecular weight is 349 g/mol. The molecule has 130 valence electrons. The van der Waals surface area contributed by atoms with Crippen LogP contribution in [-0.4, -0.2) is 27.3 Å². The molecule has 0 fully saturated rings. The maximum Gasteiger partial charge on any atom is 0.361 e. The predicted octanol–water partition coefficient (Wildman–Crippen LogP) is 1.11. The van der Waals surface area contributed by atoms with E-state index in [1.807, 2.05) is 12.1 Å². The molecule has 1 aromatic carbocycles. The van der Waals surface area contributed by atoms with Gasteiger partial charge in [0.2, 0.25) is 0 Å². The number of nitriles is 1. The third kappa shape index (κ3) is 2.59. The van der Waals surface area contributed by atoms with Crippen molar-refractivity contribution >= 4 is 28.4 Å². The Hall–Kier alpha value is -3.93. The van der Waals surface area contributed by atoms with Gasteiger partial charge in [0, 0.05) is 0 Å². The quantitative estimate of drug-likeness (QED) is 0.598. The first kappa shape index (κ1) is 16.9. The number of nitrogens with one attached hydrogen (secondary N) is 1. The lowest BCUT2D eigenvalue weighted by molar-refractivity contribution is 0.0519. The number of benzene rings is 1. The fourth-order valence-electron chi connectivity index (χ4n) is 2.55. The van der Waals surface area contributed by atoms with E-state index in [4.69, 9.17) is 21.6 Å². The van der Waals surface area contributed by atoms with Crippen LogP contribution in [0.15, 0.2) is 30.3 Å². The Morgan fingerprint density at radius 3 is 2.65 bits per heavy atom. The highest BCUT2D eigenvalue weighted by molar-refractivity contribution is 6.05.